The number of hydroxylamine groups is 2. The van der Waals surface area contributed by atoms with Gasteiger partial charge in [-0.2, -0.15) is 0 Å². The Morgan fingerprint density at radius 1 is 1.36 bits per heavy atom. The van der Waals surface area contributed by atoms with Crippen LogP contribution in [-0.2, 0) is 10.3 Å². The summed E-state index contributed by atoms with van der Waals surface area (Å²) < 4.78 is 5.72. The van der Waals surface area contributed by atoms with Crippen molar-refractivity contribution in [2.24, 2.45) is 5.92 Å². The van der Waals surface area contributed by atoms with Crippen molar-refractivity contribution in [2.75, 3.05) is 25.0 Å². The third-order valence-corrected chi connectivity index (χ3v) is 5.31. The molecule has 3 heterocycles. The molecular formula is C19H26N4O4S. The molecule has 2 aromatic rings. The largest absolute Gasteiger partial charge is 0.441 e. The maximum absolute atomic E-state index is 12.0. The molecule has 28 heavy (non-hydrogen) atoms. The van der Waals surface area contributed by atoms with Gasteiger partial charge in [-0.25, -0.2) is 14.8 Å². The number of thiazole rings is 1. The molecule has 3 rings (SSSR count). The topological polar surface area (TPSA) is 101 Å². The van der Waals surface area contributed by atoms with Crippen molar-refractivity contribution >= 4 is 34.7 Å². The van der Waals surface area contributed by atoms with E-state index in [1.807, 2.05) is 6.08 Å². The van der Waals surface area contributed by atoms with E-state index < -0.39 is 6.09 Å². The summed E-state index contributed by atoms with van der Waals surface area (Å²) in [6, 6.07) is 0. The van der Waals surface area contributed by atoms with Gasteiger partial charge in [0.1, 0.15) is 5.76 Å². The van der Waals surface area contributed by atoms with E-state index >= 15 is 0 Å². The Kier molecular flexibility index (Phi) is 6.48. The fraction of sp³-hybridized carbons (Fsp3) is 0.526. The second-order valence-corrected chi connectivity index (χ2v) is 8.83. The number of hydrogen-bond acceptors (Lipinski definition) is 8. The molecule has 0 spiro atoms. The van der Waals surface area contributed by atoms with Crippen molar-refractivity contribution < 1.29 is 19.2 Å². The Labute approximate surface area is 168 Å². The van der Waals surface area contributed by atoms with Gasteiger partial charge in [0.2, 0.25) is 5.89 Å². The summed E-state index contributed by atoms with van der Waals surface area (Å²) in [6.07, 6.45) is 8.08. The van der Waals surface area contributed by atoms with Gasteiger partial charge in [-0.3, -0.25) is 5.32 Å². The maximum atomic E-state index is 12.0. The normalized spacial score (nSPS) is 16.6. The number of oxazole rings is 1. The average Bonchev–Trinajstić information content (AvgIpc) is 3.29. The molecule has 9 heteroatoms. The van der Waals surface area contributed by atoms with Crippen LogP contribution in [-0.4, -0.2) is 45.9 Å². The SMILES string of the molecule is CC(C)(C)c1cnc(/C=C/c2cnc(NC(=O)ON3CCC(CO)CC3)s2)o1. The lowest BCUT2D eigenvalue weighted by Crippen LogP contribution is -2.37. The summed E-state index contributed by atoms with van der Waals surface area (Å²) >= 11 is 1.33. The van der Waals surface area contributed by atoms with Gasteiger partial charge in [-0.15, -0.1) is 5.06 Å². The molecule has 0 aliphatic carbocycles. The van der Waals surface area contributed by atoms with E-state index in [9.17, 15) is 4.79 Å². The second kappa shape index (κ2) is 8.85. The molecule has 8 nitrogen and oxygen atoms in total. The number of piperidine rings is 1. The highest BCUT2D eigenvalue weighted by Gasteiger charge is 2.22. The predicted octanol–water partition coefficient (Wildman–Crippen LogP) is 3.77. The van der Waals surface area contributed by atoms with Gasteiger partial charge >= 0.3 is 6.09 Å². The van der Waals surface area contributed by atoms with Crippen LogP contribution in [0.15, 0.2) is 16.8 Å². The monoisotopic (exact) mass is 406 g/mol. The number of carbonyl (C=O) groups excluding carboxylic acids is 1. The Morgan fingerprint density at radius 2 is 2.11 bits per heavy atom. The van der Waals surface area contributed by atoms with Crippen LogP contribution in [0.2, 0.25) is 0 Å². The van der Waals surface area contributed by atoms with Gasteiger partial charge in [0.25, 0.3) is 0 Å². The number of aliphatic hydroxyl groups is 1. The Bertz CT molecular complexity index is 816. The first kappa shape index (κ1) is 20.5. The number of hydrogen-bond donors (Lipinski definition) is 2. The van der Waals surface area contributed by atoms with Gasteiger partial charge < -0.3 is 14.4 Å². The predicted molar refractivity (Wildman–Crippen MR) is 108 cm³/mol. The van der Waals surface area contributed by atoms with Crippen LogP contribution in [0.3, 0.4) is 0 Å². The lowest BCUT2D eigenvalue weighted by Gasteiger charge is -2.29. The van der Waals surface area contributed by atoms with Crippen LogP contribution < -0.4 is 5.32 Å². The summed E-state index contributed by atoms with van der Waals surface area (Å²) in [5.74, 6) is 1.64. The first-order chi connectivity index (χ1) is 13.3. The third kappa shape index (κ3) is 5.63. The molecule has 1 aliphatic rings. The molecule has 0 bridgehead atoms. The van der Waals surface area contributed by atoms with E-state index in [4.69, 9.17) is 14.4 Å². The van der Waals surface area contributed by atoms with Crippen molar-refractivity contribution in [2.45, 2.75) is 39.0 Å². The summed E-state index contributed by atoms with van der Waals surface area (Å²) in [6.45, 7) is 7.62. The van der Waals surface area contributed by atoms with Crippen LogP contribution >= 0.6 is 11.3 Å². The van der Waals surface area contributed by atoms with E-state index in [2.05, 4.69) is 36.1 Å². The van der Waals surface area contributed by atoms with Crippen LogP contribution in [0.4, 0.5) is 9.93 Å². The molecule has 2 N–H and O–H groups in total. The molecule has 0 aromatic carbocycles. The Hall–Kier alpha value is -2.23. The molecule has 0 radical (unpaired) electrons. The highest BCUT2D eigenvalue weighted by Crippen LogP contribution is 2.25. The lowest BCUT2D eigenvalue weighted by atomic mass is 9.94. The minimum Gasteiger partial charge on any atom is -0.441 e. The van der Waals surface area contributed by atoms with E-state index in [1.54, 1.807) is 23.5 Å². The third-order valence-electron chi connectivity index (χ3n) is 4.43. The number of anilines is 1. The smallest absolute Gasteiger partial charge is 0.432 e. The van der Waals surface area contributed by atoms with Crippen LogP contribution in [0.5, 0.6) is 0 Å². The molecule has 1 saturated heterocycles. The van der Waals surface area contributed by atoms with Gasteiger partial charge in [0.15, 0.2) is 5.13 Å². The summed E-state index contributed by atoms with van der Waals surface area (Å²) in [5, 5.41) is 13.9. The minimum atomic E-state index is -0.560. The van der Waals surface area contributed by atoms with Gasteiger partial charge in [0.05, 0.1) is 6.20 Å². The standard InChI is InChI=1S/C19H26N4O4S/c1-19(2,3)15-11-20-16(26-15)5-4-14-10-21-17(28-14)22-18(25)27-23-8-6-13(12-24)7-9-23/h4-5,10-11,13,24H,6-9,12H2,1-3H3,(H,21,22,25)/b5-4+. The van der Waals surface area contributed by atoms with E-state index in [0.29, 0.717) is 30.0 Å². The van der Waals surface area contributed by atoms with Crippen LogP contribution in [0, 0.1) is 5.92 Å². The van der Waals surface area contributed by atoms with Crippen molar-refractivity contribution in [1.82, 2.24) is 15.0 Å². The summed E-state index contributed by atoms with van der Waals surface area (Å²) in [5.41, 5.74) is -0.0889. The van der Waals surface area contributed by atoms with E-state index in [0.717, 1.165) is 23.5 Å². The highest BCUT2D eigenvalue weighted by atomic mass is 32.1. The van der Waals surface area contributed by atoms with Gasteiger partial charge in [0, 0.05) is 42.3 Å². The van der Waals surface area contributed by atoms with E-state index in [-0.39, 0.29) is 12.0 Å². The number of carbonyl (C=O) groups is 1. The minimum absolute atomic E-state index is 0.0889. The number of nitrogens with zero attached hydrogens (tertiary/aromatic N) is 3. The maximum Gasteiger partial charge on any atom is 0.432 e. The zero-order valence-corrected chi connectivity index (χ0v) is 17.2. The quantitative estimate of drug-likeness (QED) is 0.779. The van der Waals surface area contributed by atoms with Crippen molar-refractivity contribution in [3.8, 4) is 0 Å². The van der Waals surface area contributed by atoms with Gasteiger partial charge in [-0.05, 0) is 24.8 Å². The van der Waals surface area contributed by atoms with Gasteiger partial charge in [-0.1, -0.05) is 32.1 Å². The molecule has 1 amide bonds. The fourth-order valence-electron chi connectivity index (χ4n) is 2.70. The highest BCUT2D eigenvalue weighted by molar-refractivity contribution is 7.16. The fourth-order valence-corrected chi connectivity index (χ4v) is 3.40. The lowest BCUT2D eigenvalue weighted by molar-refractivity contribution is -0.115. The summed E-state index contributed by atoms with van der Waals surface area (Å²) in [4.78, 5) is 26.6. The molecular weight excluding hydrogens is 380 g/mol. The number of nitrogens with one attached hydrogen (secondary N) is 1. The number of aromatic nitrogens is 2. The first-order valence-corrected chi connectivity index (χ1v) is 10.1. The number of aliphatic hydroxyl groups excluding tert-OH is 1. The number of amides is 1. The van der Waals surface area contributed by atoms with Crippen molar-refractivity contribution in [1.29, 1.82) is 0 Å². The molecule has 0 atom stereocenters. The van der Waals surface area contributed by atoms with E-state index in [1.165, 1.54) is 11.3 Å². The van der Waals surface area contributed by atoms with Crippen molar-refractivity contribution in [3.63, 3.8) is 0 Å². The number of rotatable bonds is 5. The zero-order chi connectivity index (χ0) is 20.1. The van der Waals surface area contributed by atoms with Crippen molar-refractivity contribution in [3.05, 3.63) is 28.9 Å². The summed E-state index contributed by atoms with van der Waals surface area (Å²) in [7, 11) is 0. The molecule has 0 unspecified atom stereocenters. The van der Waals surface area contributed by atoms with Crippen LogP contribution in [0.1, 0.15) is 50.1 Å². The van der Waals surface area contributed by atoms with Crippen LogP contribution in [0.25, 0.3) is 12.2 Å². The second-order valence-electron chi connectivity index (χ2n) is 7.77. The Morgan fingerprint density at radius 3 is 2.75 bits per heavy atom. The average molecular weight is 407 g/mol. The molecule has 2 aromatic heterocycles. The molecule has 0 saturated carbocycles. The molecule has 1 fully saturated rings. The zero-order valence-electron chi connectivity index (χ0n) is 16.3. The first-order valence-electron chi connectivity index (χ1n) is 9.28. The molecule has 152 valence electrons. The Balaban J connectivity index is 1.50. The molecule has 1 aliphatic heterocycles.